The van der Waals surface area contributed by atoms with Crippen molar-refractivity contribution in [2.45, 2.75) is 51.3 Å². The van der Waals surface area contributed by atoms with Crippen LogP contribution in [0.4, 0.5) is 35.1 Å². The van der Waals surface area contributed by atoms with E-state index in [2.05, 4.69) is 0 Å². The van der Waals surface area contributed by atoms with Crippen LogP contribution in [0.15, 0.2) is 41.7 Å². The Morgan fingerprint density at radius 3 is 2.03 bits per heavy atom. The fourth-order valence-corrected chi connectivity index (χ4v) is 3.93. The van der Waals surface area contributed by atoms with Crippen molar-refractivity contribution in [1.29, 1.82) is 0 Å². The summed E-state index contributed by atoms with van der Waals surface area (Å²) < 4.78 is 112. The third-order valence-corrected chi connectivity index (χ3v) is 5.52. The van der Waals surface area contributed by atoms with Gasteiger partial charge in [-0.15, -0.1) is 0 Å². The van der Waals surface area contributed by atoms with E-state index in [9.17, 15) is 36.2 Å². The first-order chi connectivity index (χ1) is 14.1. The van der Waals surface area contributed by atoms with Crippen molar-refractivity contribution >= 4 is 11.9 Å². The monoisotopic (exact) mass is 456 g/mol. The van der Waals surface area contributed by atoms with Gasteiger partial charge in [-0.3, -0.25) is 0 Å². The molecule has 2 atom stereocenters. The van der Waals surface area contributed by atoms with E-state index >= 15 is 8.78 Å². The number of alkyl halides is 7. The van der Waals surface area contributed by atoms with Crippen LogP contribution in [-0.2, 0) is 11.2 Å². The number of allylic oxidation sites excluding steroid dienone is 3. The highest BCUT2D eigenvalue weighted by atomic mass is 19.4. The second kappa shape index (κ2) is 8.03. The summed E-state index contributed by atoms with van der Waals surface area (Å²) in [4.78, 5) is 11.7. The predicted octanol–water partition coefficient (Wildman–Crippen LogP) is 5.90. The molecule has 0 radical (unpaired) electrons. The molecule has 10 heteroatoms. The largest absolute Gasteiger partial charge is 0.427 e. The van der Waals surface area contributed by atoms with Gasteiger partial charge >= 0.3 is 12.4 Å². The zero-order valence-corrected chi connectivity index (χ0v) is 16.7. The van der Waals surface area contributed by atoms with Crippen molar-refractivity contribution in [1.82, 2.24) is 0 Å². The third kappa shape index (κ3) is 3.58. The number of aliphatic hydroxyl groups is 1. The lowest BCUT2D eigenvalue weighted by molar-refractivity contribution is -0.394. The summed E-state index contributed by atoms with van der Waals surface area (Å²) in [6, 6.07) is 5.93. The molecule has 0 aromatic heterocycles. The van der Waals surface area contributed by atoms with Crippen molar-refractivity contribution in [3.8, 4) is 0 Å². The van der Waals surface area contributed by atoms with E-state index in [4.69, 9.17) is 0 Å². The van der Waals surface area contributed by atoms with E-state index in [1.54, 1.807) is 19.1 Å². The highest BCUT2D eigenvalue weighted by Gasteiger charge is 2.82. The Hall–Kier alpha value is -2.23. The molecule has 31 heavy (non-hydrogen) atoms. The molecule has 2 nitrogen and oxygen atoms in total. The number of halogens is 8. The van der Waals surface area contributed by atoms with E-state index in [1.807, 2.05) is 0 Å². The quantitative estimate of drug-likeness (QED) is 0.442. The van der Waals surface area contributed by atoms with Gasteiger partial charge in [0.2, 0.25) is 0 Å². The Balaban J connectivity index is 2.97. The minimum atomic E-state index is -6.53. The average molecular weight is 456 g/mol. The van der Waals surface area contributed by atoms with Crippen molar-refractivity contribution in [3.05, 3.63) is 52.9 Å². The molecule has 1 aliphatic rings. The molecular formula is C21H20F8O2. The molecule has 0 aliphatic heterocycles. The van der Waals surface area contributed by atoms with Crippen LogP contribution >= 0.6 is 0 Å². The van der Waals surface area contributed by atoms with Gasteiger partial charge in [-0.25, -0.2) is 8.78 Å². The Labute approximate surface area is 173 Å². The molecule has 1 aromatic carbocycles. The predicted molar refractivity (Wildman–Crippen MR) is 97.2 cm³/mol. The standard InChI is InChI=1S/C21H20F8O2/c1-4-12-7-5-6-8-13(12)16-14(22)9-18(10-30,17(23)15(16)11(2)3)19(31,20(24,25)26)21(27,28)29/h5-11,17,31H,4H2,1-3H3. The molecule has 1 aliphatic carbocycles. The molecule has 0 bridgehead atoms. The number of aldehydes is 1. The van der Waals surface area contributed by atoms with Crippen LogP contribution in [0.1, 0.15) is 31.9 Å². The highest BCUT2D eigenvalue weighted by molar-refractivity contribution is 5.87. The summed E-state index contributed by atoms with van der Waals surface area (Å²) in [7, 11) is 0. The molecule has 0 amide bonds. The van der Waals surface area contributed by atoms with Crippen LogP contribution in [-0.4, -0.2) is 35.5 Å². The fraction of sp³-hybridized carbons (Fsp3) is 0.476. The molecule has 2 unspecified atom stereocenters. The molecule has 0 saturated carbocycles. The zero-order valence-electron chi connectivity index (χ0n) is 16.7. The van der Waals surface area contributed by atoms with Gasteiger partial charge in [0, 0.05) is 5.57 Å². The Morgan fingerprint density at radius 2 is 1.61 bits per heavy atom. The Bertz CT molecular complexity index is 897. The van der Waals surface area contributed by atoms with Crippen molar-refractivity contribution in [2.75, 3.05) is 0 Å². The first-order valence-corrected chi connectivity index (χ1v) is 9.28. The van der Waals surface area contributed by atoms with Crippen LogP contribution < -0.4 is 0 Å². The van der Waals surface area contributed by atoms with Gasteiger partial charge < -0.3 is 9.90 Å². The highest BCUT2D eigenvalue weighted by Crippen LogP contribution is 2.59. The van der Waals surface area contributed by atoms with Crippen molar-refractivity contribution < 1.29 is 45.0 Å². The molecule has 0 heterocycles. The van der Waals surface area contributed by atoms with Crippen LogP contribution in [0.3, 0.4) is 0 Å². The minimum Gasteiger partial charge on any atom is -0.373 e. The van der Waals surface area contributed by atoms with Gasteiger partial charge in [-0.2, -0.15) is 26.3 Å². The Morgan fingerprint density at radius 1 is 1.10 bits per heavy atom. The summed E-state index contributed by atoms with van der Waals surface area (Å²) >= 11 is 0. The number of hydrogen-bond acceptors (Lipinski definition) is 2. The zero-order chi connectivity index (χ0) is 24.0. The van der Waals surface area contributed by atoms with Gasteiger partial charge in [-0.1, -0.05) is 45.0 Å². The van der Waals surface area contributed by atoms with E-state index in [0.717, 1.165) is 0 Å². The van der Waals surface area contributed by atoms with E-state index in [-0.39, 0.29) is 11.6 Å². The number of hydrogen-bond donors (Lipinski definition) is 1. The number of carbonyl (C=O) groups excluding carboxylic acids is 1. The molecule has 1 N–H and O–H groups in total. The number of aryl methyl sites for hydroxylation is 1. The van der Waals surface area contributed by atoms with E-state index in [0.29, 0.717) is 12.0 Å². The first kappa shape index (κ1) is 25.0. The SMILES string of the molecule is CCc1ccccc1C1=C(C(C)C)C(F)C(C=O)(C(O)(C(F)(F)F)C(F)(F)F)C=C1F. The summed E-state index contributed by atoms with van der Waals surface area (Å²) in [6.45, 7) is 4.16. The molecule has 172 valence electrons. The van der Waals surface area contributed by atoms with Crippen LogP contribution in [0.25, 0.3) is 5.57 Å². The lowest BCUT2D eigenvalue weighted by Crippen LogP contribution is -2.70. The summed E-state index contributed by atoms with van der Waals surface area (Å²) in [5.41, 5.74) is -10.9. The van der Waals surface area contributed by atoms with Gasteiger partial charge in [-0.05, 0) is 35.1 Å². The maximum Gasteiger partial charge on any atom is 0.427 e. The molecule has 0 fully saturated rings. The maximum atomic E-state index is 15.7. The molecular weight excluding hydrogens is 436 g/mol. The first-order valence-electron chi connectivity index (χ1n) is 9.28. The molecule has 1 aromatic rings. The lowest BCUT2D eigenvalue weighted by atomic mass is 9.61. The minimum absolute atomic E-state index is 0.0761. The second-order valence-corrected chi connectivity index (χ2v) is 7.61. The Kier molecular flexibility index (Phi) is 6.49. The van der Waals surface area contributed by atoms with Gasteiger partial charge in [0.05, 0.1) is 0 Å². The molecule has 2 rings (SSSR count). The summed E-state index contributed by atoms with van der Waals surface area (Å²) in [5, 5.41) is 9.85. The fourth-order valence-electron chi connectivity index (χ4n) is 3.93. The van der Waals surface area contributed by atoms with E-state index in [1.165, 1.54) is 26.0 Å². The average Bonchev–Trinajstić information content (AvgIpc) is 2.66. The summed E-state index contributed by atoms with van der Waals surface area (Å²) in [6.07, 6.45) is -17.5. The van der Waals surface area contributed by atoms with Crippen LogP contribution in [0.5, 0.6) is 0 Å². The molecule has 0 spiro atoms. The third-order valence-electron chi connectivity index (χ3n) is 5.52. The van der Waals surface area contributed by atoms with Gasteiger partial charge in [0.25, 0.3) is 5.60 Å². The van der Waals surface area contributed by atoms with Gasteiger partial charge in [0.1, 0.15) is 23.7 Å². The number of benzene rings is 1. The number of rotatable bonds is 5. The maximum absolute atomic E-state index is 15.7. The smallest absolute Gasteiger partial charge is 0.373 e. The number of carbonyl (C=O) groups is 1. The van der Waals surface area contributed by atoms with Crippen molar-refractivity contribution in [3.63, 3.8) is 0 Å². The van der Waals surface area contributed by atoms with Crippen molar-refractivity contribution in [2.24, 2.45) is 11.3 Å². The van der Waals surface area contributed by atoms with Gasteiger partial charge in [0.15, 0.2) is 0 Å². The normalized spacial score (nSPS) is 23.3. The van der Waals surface area contributed by atoms with Crippen LogP contribution in [0.2, 0.25) is 0 Å². The van der Waals surface area contributed by atoms with Crippen LogP contribution in [0, 0.1) is 11.3 Å². The van der Waals surface area contributed by atoms with E-state index < -0.39 is 58.7 Å². The second-order valence-electron chi connectivity index (χ2n) is 7.61. The summed E-state index contributed by atoms with van der Waals surface area (Å²) in [5.74, 6) is -2.75. The topological polar surface area (TPSA) is 37.3 Å². The lowest BCUT2D eigenvalue weighted by Gasteiger charge is -2.47. The molecule has 0 saturated heterocycles.